The molecule has 0 saturated carbocycles. The molecule has 5 heteroatoms. The average molecular weight is 634 g/mol. The van der Waals surface area contributed by atoms with Crippen LogP contribution in [0.2, 0.25) is 0 Å². The lowest BCUT2D eigenvalue weighted by Crippen LogP contribution is -2.35. The van der Waals surface area contributed by atoms with Crippen molar-refractivity contribution in [2.45, 2.75) is 12.7 Å². The Labute approximate surface area is 286 Å². The molecule has 0 spiro atoms. The van der Waals surface area contributed by atoms with Gasteiger partial charge in [-0.3, -0.25) is 0 Å². The number of para-hydroxylation sites is 1. The Bertz CT molecular complexity index is 2450. The Morgan fingerprint density at radius 1 is 0.592 bits per heavy atom. The maximum atomic E-state index is 5.33. The normalized spacial score (nSPS) is 15.8. The monoisotopic (exact) mass is 633 g/mol. The van der Waals surface area contributed by atoms with E-state index in [9.17, 15) is 0 Å². The maximum absolute atomic E-state index is 5.33. The van der Waals surface area contributed by atoms with Gasteiger partial charge in [0.15, 0.2) is 5.84 Å². The van der Waals surface area contributed by atoms with Gasteiger partial charge in [0, 0.05) is 54.3 Å². The summed E-state index contributed by atoms with van der Waals surface area (Å²) in [5.74, 6) is 1.63. The van der Waals surface area contributed by atoms with Gasteiger partial charge in [0.1, 0.15) is 12.0 Å². The highest BCUT2D eigenvalue weighted by atomic mass is 15.3. The summed E-state index contributed by atoms with van der Waals surface area (Å²) in [6, 6.07) is 51.6. The van der Waals surface area contributed by atoms with E-state index in [-0.39, 0.29) is 6.17 Å². The van der Waals surface area contributed by atoms with Crippen molar-refractivity contribution in [3.8, 4) is 16.8 Å². The average Bonchev–Trinajstić information content (AvgIpc) is 3.48. The number of aliphatic imine (C=N–C) groups is 2. The zero-order valence-electron chi connectivity index (χ0n) is 27.5. The number of nitrogens with zero attached hydrogens (tertiary/aromatic N) is 5. The third-order valence-corrected chi connectivity index (χ3v) is 9.80. The third kappa shape index (κ3) is 4.85. The fourth-order valence-corrected chi connectivity index (χ4v) is 7.49. The molecule has 5 nitrogen and oxygen atoms in total. The van der Waals surface area contributed by atoms with Gasteiger partial charge in [-0.2, -0.15) is 0 Å². The highest BCUT2D eigenvalue weighted by Crippen LogP contribution is 2.40. The quantitative estimate of drug-likeness (QED) is 0.189. The molecule has 0 bridgehead atoms. The number of amidine groups is 2. The van der Waals surface area contributed by atoms with Gasteiger partial charge in [0.25, 0.3) is 0 Å². The first-order valence-electron chi connectivity index (χ1n) is 16.8. The van der Waals surface area contributed by atoms with E-state index < -0.39 is 0 Å². The van der Waals surface area contributed by atoms with Crippen molar-refractivity contribution in [1.82, 2.24) is 14.4 Å². The van der Waals surface area contributed by atoms with Crippen LogP contribution in [0.3, 0.4) is 0 Å². The Morgan fingerprint density at radius 3 is 2.04 bits per heavy atom. The van der Waals surface area contributed by atoms with Gasteiger partial charge >= 0.3 is 0 Å². The second-order valence-electron chi connectivity index (χ2n) is 12.8. The molecule has 7 aromatic rings. The van der Waals surface area contributed by atoms with Gasteiger partial charge in [-0.1, -0.05) is 133 Å². The van der Waals surface area contributed by atoms with E-state index >= 15 is 0 Å². The number of hydrogen-bond donors (Lipinski definition) is 0. The van der Waals surface area contributed by atoms with E-state index in [1.807, 2.05) is 12.1 Å². The van der Waals surface area contributed by atoms with Crippen LogP contribution in [0.15, 0.2) is 162 Å². The van der Waals surface area contributed by atoms with E-state index in [1.165, 1.54) is 38.6 Å². The molecule has 0 aliphatic carbocycles. The van der Waals surface area contributed by atoms with Crippen LogP contribution >= 0.6 is 0 Å². The number of rotatable bonds is 5. The summed E-state index contributed by atoms with van der Waals surface area (Å²) < 4.78 is 2.44. The molecule has 0 N–H and O–H groups in total. The van der Waals surface area contributed by atoms with E-state index in [4.69, 9.17) is 9.98 Å². The molecule has 0 amide bonds. The minimum atomic E-state index is -0.212. The Balaban J connectivity index is 1.24. The van der Waals surface area contributed by atoms with E-state index in [0.717, 1.165) is 46.0 Å². The number of fused-ring (bicyclic) bond motifs is 4. The topological polar surface area (TPSA) is 36.1 Å². The fraction of sp³-hybridized carbons (Fsp3) is 0.0909. The molecule has 0 saturated heterocycles. The highest BCUT2D eigenvalue weighted by molar-refractivity contribution is 6.16. The molecule has 2 aliphatic rings. The predicted octanol–water partition coefficient (Wildman–Crippen LogP) is 9.70. The first kappa shape index (κ1) is 29.0. The largest absolute Gasteiger partial charge is 0.376 e. The van der Waals surface area contributed by atoms with Crippen molar-refractivity contribution in [2.75, 3.05) is 14.1 Å². The van der Waals surface area contributed by atoms with Gasteiger partial charge in [-0.25, -0.2) is 9.98 Å². The van der Waals surface area contributed by atoms with E-state index in [2.05, 4.69) is 174 Å². The third-order valence-electron chi connectivity index (χ3n) is 9.80. The minimum Gasteiger partial charge on any atom is -0.376 e. The fourth-order valence-electron chi connectivity index (χ4n) is 7.49. The van der Waals surface area contributed by atoms with Crippen molar-refractivity contribution in [1.29, 1.82) is 0 Å². The summed E-state index contributed by atoms with van der Waals surface area (Å²) in [5.41, 5.74) is 10.5. The molecule has 0 fully saturated rings. The SMILES string of the molecule is CN1C=Cc2c(c3ccccc3n2-c2ccc(-c3ccccc3C3=NC(c4ccccc4)N(C)C(c4ccccc4)=N3)c3ccccc23)C1. The van der Waals surface area contributed by atoms with Gasteiger partial charge in [-0.05, 0) is 40.3 Å². The summed E-state index contributed by atoms with van der Waals surface area (Å²) in [5, 5.41) is 3.69. The molecule has 0 radical (unpaired) electrons. The van der Waals surface area contributed by atoms with Crippen molar-refractivity contribution in [2.24, 2.45) is 9.98 Å². The summed E-state index contributed by atoms with van der Waals surface area (Å²) in [4.78, 5) is 15.0. The van der Waals surface area contributed by atoms with Gasteiger partial charge in [0.2, 0.25) is 0 Å². The lowest BCUT2D eigenvalue weighted by molar-refractivity contribution is 0.383. The second-order valence-corrected chi connectivity index (χ2v) is 12.8. The standard InChI is InChI=1S/C44H35N5/c1-47-28-27-41-38(29-47)36-22-13-14-24-39(36)49(41)40-26-25-34(32-19-9-11-21-35(32)40)33-20-10-12-23-37(33)42-45-43(30-15-5-3-6-16-30)48(2)44(46-42)31-17-7-4-8-18-31/h3-28,43H,29H2,1-2H3. The highest BCUT2D eigenvalue weighted by Gasteiger charge is 2.28. The van der Waals surface area contributed by atoms with Crippen molar-refractivity contribution >= 4 is 39.4 Å². The molecule has 9 rings (SSSR count). The first-order valence-corrected chi connectivity index (χ1v) is 16.8. The molecular weight excluding hydrogens is 599 g/mol. The summed E-state index contributed by atoms with van der Waals surface area (Å²) >= 11 is 0. The van der Waals surface area contributed by atoms with Crippen LogP contribution in [0.25, 0.3) is 44.6 Å². The molecule has 6 aromatic carbocycles. The Kier molecular flexibility index (Phi) is 6.98. The Morgan fingerprint density at radius 2 is 1.24 bits per heavy atom. The van der Waals surface area contributed by atoms with Gasteiger partial charge in [0.05, 0.1) is 16.9 Å². The lowest BCUT2D eigenvalue weighted by Gasteiger charge is -2.32. The minimum absolute atomic E-state index is 0.212. The molecular formula is C44H35N5. The lowest BCUT2D eigenvalue weighted by atomic mass is 9.93. The van der Waals surface area contributed by atoms with Crippen LogP contribution in [-0.4, -0.2) is 40.1 Å². The van der Waals surface area contributed by atoms with Crippen LogP contribution in [0, 0.1) is 0 Å². The zero-order chi connectivity index (χ0) is 32.9. The van der Waals surface area contributed by atoms with Crippen molar-refractivity contribution < 1.29 is 0 Å². The first-order chi connectivity index (χ1) is 24.2. The molecule has 1 atom stereocenters. The molecule has 1 aromatic heterocycles. The van der Waals surface area contributed by atoms with Crippen LogP contribution in [0.5, 0.6) is 0 Å². The number of hydrogen-bond acceptors (Lipinski definition) is 4. The van der Waals surface area contributed by atoms with Crippen molar-refractivity contribution in [3.63, 3.8) is 0 Å². The molecule has 49 heavy (non-hydrogen) atoms. The smallest absolute Gasteiger partial charge is 0.160 e. The van der Waals surface area contributed by atoms with Crippen LogP contribution in [-0.2, 0) is 6.54 Å². The van der Waals surface area contributed by atoms with Crippen LogP contribution < -0.4 is 0 Å². The van der Waals surface area contributed by atoms with Gasteiger partial charge in [-0.15, -0.1) is 0 Å². The molecule has 2 aliphatic heterocycles. The van der Waals surface area contributed by atoms with E-state index in [0.29, 0.717) is 0 Å². The molecule has 236 valence electrons. The van der Waals surface area contributed by atoms with Crippen LogP contribution in [0.1, 0.15) is 34.1 Å². The van der Waals surface area contributed by atoms with Gasteiger partial charge < -0.3 is 14.4 Å². The Hall–Kier alpha value is -6.20. The van der Waals surface area contributed by atoms with Crippen LogP contribution in [0.4, 0.5) is 0 Å². The van der Waals surface area contributed by atoms with Crippen molar-refractivity contribution in [3.05, 3.63) is 180 Å². The predicted molar refractivity (Wildman–Crippen MR) is 203 cm³/mol. The van der Waals surface area contributed by atoms with E-state index in [1.54, 1.807) is 0 Å². The molecule has 1 unspecified atom stereocenters. The number of aromatic nitrogens is 1. The summed E-state index contributed by atoms with van der Waals surface area (Å²) in [6.07, 6.45) is 4.22. The maximum Gasteiger partial charge on any atom is 0.160 e. The summed E-state index contributed by atoms with van der Waals surface area (Å²) in [7, 11) is 4.22. The molecule has 3 heterocycles. The second kappa shape index (κ2) is 11.8. The number of benzene rings is 6. The zero-order valence-corrected chi connectivity index (χ0v) is 27.5. The summed E-state index contributed by atoms with van der Waals surface area (Å²) in [6.45, 7) is 0.884.